The first-order valence-electron chi connectivity index (χ1n) is 7.63. The number of benzene rings is 1. The molecule has 126 valence electrons. The summed E-state index contributed by atoms with van der Waals surface area (Å²) in [5, 5.41) is 10.1. The van der Waals surface area contributed by atoms with Crippen molar-refractivity contribution in [3.05, 3.63) is 28.8 Å². The maximum absolute atomic E-state index is 12.6. The van der Waals surface area contributed by atoms with Crippen molar-refractivity contribution in [2.75, 3.05) is 20.2 Å². The number of hydrogen-bond donors (Lipinski definition) is 1. The molecule has 0 aliphatic carbocycles. The van der Waals surface area contributed by atoms with E-state index in [4.69, 9.17) is 16.3 Å². The molecule has 1 aliphatic rings. The summed E-state index contributed by atoms with van der Waals surface area (Å²) < 4.78 is 5.26. The minimum atomic E-state index is -0.853. The number of likely N-dealkylation sites (tertiary alicyclic amines) is 1. The fraction of sp³-hybridized carbons (Fsp3) is 0.529. The van der Waals surface area contributed by atoms with Crippen LogP contribution in [-0.4, -0.2) is 42.1 Å². The van der Waals surface area contributed by atoms with Gasteiger partial charge in [-0.2, -0.15) is 0 Å². The van der Waals surface area contributed by atoms with E-state index in [0.29, 0.717) is 29.3 Å². The van der Waals surface area contributed by atoms with Crippen molar-refractivity contribution in [3.8, 4) is 5.75 Å². The van der Waals surface area contributed by atoms with E-state index in [1.165, 1.54) is 0 Å². The van der Waals surface area contributed by atoms with E-state index in [1.807, 2.05) is 13.8 Å². The van der Waals surface area contributed by atoms with E-state index in [2.05, 4.69) is 0 Å². The third-order valence-corrected chi connectivity index (χ3v) is 5.00. The van der Waals surface area contributed by atoms with Gasteiger partial charge in [-0.05, 0) is 30.5 Å². The molecule has 1 fully saturated rings. The Morgan fingerprint density at radius 2 is 2.13 bits per heavy atom. The minimum Gasteiger partial charge on any atom is -0.496 e. The van der Waals surface area contributed by atoms with Crippen LogP contribution in [0.25, 0.3) is 0 Å². The van der Waals surface area contributed by atoms with Crippen LogP contribution in [0.5, 0.6) is 5.75 Å². The third kappa shape index (κ3) is 3.44. The Bertz CT molecular complexity index is 617. The van der Waals surface area contributed by atoms with Gasteiger partial charge in [-0.3, -0.25) is 9.59 Å². The Morgan fingerprint density at radius 1 is 1.43 bits per heavy atom. The molecule has 0 bridgehead atoms. The van der Waals surface area contributed by atoms with E-state index in [1.54, 1.807) is 30.2 Å². The molecule has 1 amide bonds. The van der Waals surface area contributed by atoms with Gasteiger partial charge in [0.15, 0.2) is 0 Å². The number of carboxylic acids is 1. The van der Waals surface area contributed by atoms with Gasteiger partial charge in [0, 0.05) is 23.7 Å². The fourth-order valence-corrected chi connectivity index (χ4v) is 3.29. The Kier molecular flexibility index (Phi) is 5.19. The second kappa shape index (κ2) is 6.79. The van der Waals surface area contributed by atoms with Gasteiger partial charge in [0.25, 0.3) is 0 Å². The van der Waals surface area contributed by atoms with Crippen LogP contribution in [0.1, 0.15) is 25.8 Å². The zero-order chi connectivity index (χ0) is 17.2. The number of hydrogen-bond acceptors (Lipinski definition) is 3. The van der Waals surface area contributed by atoms with Crippen LogP contribution in [0.2, 0.25) is 5.02 Å². The first kappa shape index (κ1) is 17.6. The summed E-state index contributed by atoms with van der Waals surface area (Å²) in [6, 6.07) is 5.14. The van der Waals surface area contributed by atoms with Crippen LogP contribution >= 0.6 is 11.6 Å². The molecule has 6 heteroatoms. The number of carbonyl (C=O) groups is 2. The molecule has 1 aromatic carbocycles. The number of ether oxygens (including phenoxy) is 1. The molecule has 0 saturated carbocycles. The molecule has 1 atom stereocenters. The van der Waals surface area contributed by atoms with E-state index < -0.39 is 11.4 Å². The van der Waals surface area contributed by atoms with Crippen molar-refractivity contribution >= 4 is 23.5 Å². The highest BCUT2D eigenvalue weighted by Gasteiger charge is 2.48. The molecule has 1 N–H and O–H groups in total. The second-order valence-corrected chi connectivity index (χ2v) is 6.75. The van der Waals surface area contributed by atoms with Crippen LogP contribution in [-0.2, 0) is 16.0 Å². The lowest BCUT2D eigenvalue weighted by molar-refractivity contribution is -0.151. The smallest absolute Gasteiger partial charge is 0.311 e. The first-order valence-corrected chi connectivity index (χ1v) is 8.01. The Balaban J connectivity index is 2.14. The van der Waals surface area contributed by atoms with Gasteiger partial charge in [-0.25, -0.2) is 0 Å². The van der Waals surface area contributed by atoms with E-state index in [9.17, 15) is 14.7 Å². The predicted molar refractivity (Wildman–Crippen MR) is 87.8 cm³/mol. The predicted octanol–water partition coefficient (Wildman–Crippen LogP) is 2.85. The molecule has 0 spiro atoms. The molecular formula is C17H22ClNO4. The fourth-order valence-electron chi connectivity index (χ4n) is 3.10. The van der Waals surface area contributed by atoms with Gasteiger partial charge in [0.1, 0.15) is 5.75 Å². The van der Waals surface area contributed by atoms with Crippen LogP contribution < -0.4 is 4.74 Å². The number of carbonyl (C=O) groups excluding carboxylic acids is 1. The molecule has 23 heavy (non-hydrogen) atoms. The lowest BCUT2D eigenvalue weighted by Crippen LogP contribution is -2.41. The Labute approximate surface area is 141 Å². The minimum absolute atomic E-state index is 0.0292. The highest BCUT2D eigenvalue weighted by atomic mass is 35.5. The van der Waals surface area contributed by atoms with Crippen molar-refractivity contribution < 1.29 is 19.4 Å². The zero-order valence-electron chi connectivity index (χ0n) is 13.6. The number of carboxylic acid groups (broad SMARTS) is 1. The first-order chi connectivity index (χ1) is 10.8. The Hall–Kier alpha value is -1.75. The number of aliphatic carboxylic acids is 1. The average Bonchev–Trinajstić information content (AvgIpc) is 2.94. The third-order valence-electron chi connectivity index (χ3n) is 4.77. The summed E-state index contributed by atoms with van der Waals surface area (Å²) in [4.78, 5) is 25.9. The number of amides is 1. The number of methoxy groups -OCH3 is 1. The quantitative estimate of drug-likeness (QED) is 0.895. The van der Waals surface area contributed by atoms with Crippen LogP contribution in [0, 0.1) is 11.3 Å². The maximum Gasteiger partial charge on any atom is 0.311 e. The molecule has 1 unspecified atom stereocenters. The average molecular weight is 340 g/mol. The summed E-state index contributed by atoms with van der Waals surface area (Å²) in [6.45, 7) is 4.50. The van der Waals surface area contributed by atoms with E-state index in [-0.39, 0.29) is 24.8 Å². The lowest BCUT2D eigenvalue weighted by Gasteiger charge is -2.28. The van der Waals surface area contributed by atoms with Gasteiger partial charge in [0.05, 0.1) is 18.9 Å². The molecule has 1 aliphatic heterocycles. The molecule has 1 heterocycles. The van der Waals surface area contributed by atoms with E-state index in [0.717, 1.165) is 0 Å². The molecule has 1 saturated heterocycles. The highest BCUT2D eigenvalue weighted by Crippen LogP contribution is 2.38. The normalized spacial score (nSPS) is 20.8. The van der Waals surface area contributed by atoms with Gasteiger partial charge in [-0.1, -0.05) is 25.4 Å². The monoisotopic (exact) mass is 339 g/mol. The number of nitrogens with zero attached hydrogens (tertiary/aromatic N) is 1. The van der Waals surface area contributed by atoms with Crippen molar-refractivity contribution in [3.63, 3.8) is 0 Å². The largest absolute Gasteiger partial charge is 0.496 e. The number of rotatable bonds is 5. The maximum atomic E-state index is 12.6. The van der Waals surface area contributed by atoms with Crippen molar-refractivity contribution in [2.45, 2.75) is 26.7 Å². The van der Waals surface area contributed by atoms with Crippen molar-refractivity contribution in [1.82, 2.24) is 4.90 Å². The van der Waals surface area contributed by atoms with E-state index >= 15 is 0 Å². The van der Waals surface area contributed by atoms with Crippen molar-refractivity contribution in [2.24, 2.45) is 11.3 Å². The molecular weight excluding hydrogens is 318 g/mol. The summed E-state index contributed by atoms with van der Waals surface area (Å²) in [6.07, 6.45) is 0.635. The standard InChI is InChI=1S/C17H22ClNO4/c1-11(2)17(16(21)22)6-7-19(10-17)15(20)9-12-8-13(18)4-5-14(12)23-3/h4-5,8,11H,6-7,9-10H2,1-3H3,(H,21,22). The van der Waals surface area contributed by atoms with Gasteiger partial charge < -0.3 is 14.7 Å². The lowest BCUT2D eigenvalue weighted by atomic mass is 9.76. The molecule has 0 radical (unpaired) electrons. The topological polar surface area (TPSA) is 66.8 Å². The number of halogens is 1. The van der Waals surface area contributed by atoms with Gasteiger partial charge >= 0.3 is 5.97 Å². The summed E-state index contributed by atoms with van der Waals surface area (Å²) >= 11 is 5.99. The summed E-state index contributed by atoms with van der Waals surface area (Å²) in [5.41, 5.74) is -0.143. The molecule has 2 rings (SSSR count). The van der Waals surface area contributed by atoms with Crippen LogP contribution in [0.3, 0.4) is 0 Å². The summed E-state index contributed by atoms with van der Waals surface area (Å²) in [5.74, 6) is -0.355. The van der Waals surface area contributed by atoms with Gasteiger partial charge in [0.2, 0.25) is 5.91 Å². The molecule has 0 aromatic heterocycles. The van der Waals surface area contributed by atoms with Crippen LogP contribution in [0.4, 0.5) is 0 Å². The van der Waals surface area contributed by atoms with Gasteiger partial charge in [-0.15, -0.1) is 0 Å². The molecule has 5 nitrogen and oxygen atoms in total. The SMILES string of the molecule is COc1ccc(Cl)cc1CC(=O)N1CCC(C(=O)O)(C(C)C)C1. The second-order valence-electron chi connectivity index (χ2n) is 6.31. The van der Waals surface area contributed by atoms with Crippen LogP contribution in [0.15, 0.2) is 18.2 Å². The highest BCUT2D eigenvalue weighted by molar-refractivity contribution is 6.30. The Morgan fingerprint density at radius 3 is 2.65 bits per heavy atom. The zero-order valence-corrected chi connectivity index (χ0v) is 14.4. The molecule has 1 aromatic rings. The summed E-state index contributed by atoms with van der Waals surface area (Å²) in [7, 11) is 1.54. The van der Waals surface area contributed by atoms with Crippen molar-refractivity contribution in [1.29, 1.82) is 0 Å².